The van der Waals surface area contributed by atoms with Gasteiger partial charge in [-0.1, -0.05) is 6.07 Å². The van der Waals surface area contributed by atoms with Crippen molar-refractivity contribution in [1.82, 2.24) is 20.3 Å². The van der Waals surface area contributed by atoms with Crippen LogP contribution >= 0.6 is 0 Å². The van der Waals surface area contributed by atoms with E-state index in [-0.39, 0.29) is 28.9 Å². The number of nitrogens with zero attached hydrogens (tertiary/aromatic N) is 2. The van der Waals surface area contributed by atoms with Gasteiger partial charge in [-0.05, 0) is 36.6 Å². The molecule has 0 fully saturated rings. The van der Waals surface area contributed by atoms with Gasteiger partial charge in [0.05, 0.1) is 6.54 Å². The fourth-order valence-electron chi connectivity index (χ4n) is 3.24. The molecule has 9 nitrogen and oxygen atoms in total. The number of carbonyl (C=O) groups excluding carboxylic acids is 1. The van der Waals surface area contributed by atoms with Crippen molar-refractivity contribution in [2.24, 2.45) is 0 Å². The molecule has 0 aliphatic carbocycles. The molecule has 28 heavy (non-hydrogen) atoms. The molecule has 0 spiro atoms. The minimum atomic E-state index is -0.980. The monoisotopic (exact) mass is 381 g/mol. The lowest BCUT2D eigenvalue weighted by atomic mass is 10.1. The van der Waals surface area contributed by atoms with Gasteiger partial charge in [-0.2, -0.15) is 4.98 Å². The first-order valence-electron chi connectivity index (χ1n) is 8.93. The summed E-state index contributed by atoms with van der Waals surface area (Å²) in [5.41, 5.74) is 8.17. The van der Waals surface area contributed by atoms with Crippen LogP contribution in [0.1, 0.15) is 38.7 Å². The Balaban J connectivity index is 1.46. The van der Waals surface area contributed by atoms with Gasteiger partial charge in [0, 0.05) is 17.3 Å². The number of carboxylic acids is 1. The SMILES string of the molecule is Nc1nc(CCCc2ccc3[nH]c(C(=O)O)cc3c2)nc2c1C(=O)NCCO2. The summed E-state index contributed by atoms with van der Waals surface area (Å²) in [6.45, 7) is 0.735. The summed E-state index contributed by atoms with van der Waals surface area (Å²) < 4.78 is 5.51. The van der Waals surface area contributed by atoms with Gasteiger partial charge >= 0.3 is 5.97 Å². The Labute approximate surface area is 159 Å². The van der Waals surface area contributed by atoms with Crippen LogP contribution in [0, 0.1) is 0 Å². The Bertz CT molecular complexity index is 1080. The third kappa shape index (κ3) is 3.46. The molecule has 5 N–H and O–H groups in total. The normalized spacial score (nSPS) is 13.5. The Morgan fingerprint density at radius 3 is 2.93 bits per heavy atom. The number of aromatic amines is 1. The quantitative estimate of drug-likeness (QED) is 0.525. The molecule has 1 aliphatic heterocycles. The van der Waals surface area contributed by atoms with Gasteiger partial charge in [0.15, 0.2) is 0 Å². The summed E-state index contributed by atoms with van der Waals surface area (Å²) in [5.74, 6) is -0.424. The standard InChI is InChI=1S/C19H19N5O4/c20-16-15-17(25)21-6-7-28-18(15)24-14(23-16)3-1-2-10-4-5-12-11(8-10)9-13(22-12)19(26)27/h4-5,8-9,22H,1-3,6-7H2,(H,21,25)(H,26,27)(H2,20,23,24). The van der Waals surface area contributed by atoms with Crippen LogP contribution in [0.15, 0.2) is 24.3 Å². The summed E-state index contributed by atoms with van der Waals surface area (Å²) in [6, 6.07) is 7.43. The summed E-state index contributed by atoms with van der Waals surface area (Å²) >= 11 is 0. The number of hydrogen-bond acceptors (Lipinski definition) is 6. The Morgan fingerprint density at radius 2 is 2.11 bits per heavy atom. The number of carboxylic acid groups (broad SMARTS) is 1. The molecule has 0 unspecified atom stereocenters. The van der Waals surface area contributed by atoms with Gasteiger partial charge in [-0.3, -0.25) is 4.79 Å². The molecular weight excluding hydrogens is 362 g/mol. The molecule has 0 saturated carbocycles. The number of rotatable bonds is 5. The Kier molecular flexibility index (Phi) is 4.56. The number of hydrogen-bond donors (Lipinski definition) is 4. The van der Waals surface area contributed by atoms with Crippen LogP contribution in [0.5, 0.6) is 5.88 Å². The number of fused-ring (bicyclic) bond motifs is 2. The average Bonchev–Trinajstić information content (AvgIpc) is 2.99. The Hall–Kier alpha value is -3.62. The maximum Gasteiger partial charge on any atom is 0.352 e. The van der Waals surface area contributed by atoms with Crippen molar-refractivity contribution in [3.05, 3.63) is 46.9 Å². The van der Waals surface area contributed by atoms with Crippen LogP contribution in [0.3, 0.4) is 0 Å². The smallest absolute Gasteiger partial charge is 0.352 e. The average molecular weight is 381 g/mol. The maximum absolute atomic E-state index is 12.0. The second kappa shape index (κ2) is 7.18. The lowest BCUT2D eigenvalue weighted by Crippen LogP contribution is -2.25. The number of ether oxygens (including phenoxy) is 1. The molecule has 3 aromatic rings. The third-order valence-electron chi connectivity index (χ3n) is 4.58. The van der Waals surface area contributed by atoms with Gasteiger partial charge in [-0.15, -0.1) is 0 Å². The number of aromatic nitrogens is 3. The maximum atomic E-state index is 12.0. The van der Waals surface area contributed by atoms with E-state index in [1.807, 2.05) is 18.2 Å². The zero-order chi connectivity index (χ0) is 19.7. The summed E-state index contributed by atoms with van der Waals surface area (Å²) in [5, 5.41) is 12.6. The highest BCUT2D eigenvalue weighted by Crippen LogP contribution is 2.23. The van der Waals surface area contributed by atoms with Gasteiger partial charge in [-0.25, -0.2) is 9.78 Å². The number of amides is 1. The minimum Gasteiger partial charge on any atom is -0.477 e. The van der Waals surface area contributed by atoms with Gasteiger partial charge < -0.3 is 25.9 Å². The second-order valence-corrected chi connectivity index (χ2v) is 6.57. The van der Waals surface area contributed by atoms with Crippen LogP contribution in [0.25, 0.3) is 10.9 Å². The van der Waals surface area contributed by atoms with Crippen molar-refractivity contribution in [1.29, 1.82) is 0 Å². The number of nitrogens with two attached hydrogens (primary N) is 1. The molecule has 0 atom stereocenters. The third-order valence-corrected chi connectivity index (χ3v) is 4.58. The van der Waals surface area contributed by atoms with Crippen LogP contribution < -0.4 is 15.8 Å². The number of H-pyrrole nitrogens is 1. The number of aromatic carboxylic acids is 1. The zero-order valence-electron chi connectivity index (χ0n) is 15.0. The second-order valence-electron chi connectivity index (χ2n) is 6.57. The summed E-state index contributed by atoms with van der Waals surface area (Å²) in [4.78, 5) is 34.5. The predicted molar refractivity (Wildman–Crippen MR) is 102 cm³/mol. The van der Waals surface area contributed by atoms with Crippen LogP contribution in [-0.4, -0.2) is 45.1 Å². The largest absolute Gasteiger partial charge is 0.477 e. The van der Waals surface area contributed by atoms with Crippen LogP contribution in [0.2, 0.25) is 0 Å². The molecule has 144 valence electrons. The topological polar surface area (TPSA) is 143 Å². The highest BCUT2D eigenvalue weighted by molar-refractivity contribution is 6.00. The number of benzene rings is 1. The molecule has 4 rings (SSSR count). The molecule has 0 saturated heterocycles. The van der Waals surface area contributed by atoms with Crippen molar-refractivity contribution in [2.45, 2.75) is 19.3 Å². The van der Waals surface area contributed by atoms with Gasteiger partial charge in [0.1, 0.15) is 29.5 Å². The highest BCUT2D eigenvalue weighted by Gasteiger charge is 2.23. The van der Waals surface area contributed by atoms with Gasteiger partial charge in [0.2, 0.25) is 5.88 Å². The lowest BCUT2D eigenvalue weighted by molar-refractivity contribution is 0.0691. The first-order valence-corrected chi connectivity index (χ1v) is 8.93. The van der Waals surface area contributed by atoms with Crippen molar-refractivity contribution in [3.8, 4) is 5.88 Å². The molecular formula is C19H19N5O4. The van der Waals surface area contributed by atoms with E-state index in [9.17, 15) is 9.59 Å². The van der Waals surface area contributed by atoms with Crippen molar-refractivity contribution in [3.63, 3.8) is 0 Å². The van der Waals surface area contributed by atoms with E-state index in [0.717, 1.165) is 29.3 Å². The van der Waals surface area contributed by atoms with Crippen LogP contribution in [0.4, 0.5) is 5.82 Å². The Morgan fingerprint density at radius 1 is 1.25 bits per heavy atom. The van der Waals surface area contributed by atoms with E-state index in [1.54, 1.807) is 6.07 Å². The first-order chi connectivity index (χ1) is 13.5. The van der Waals surface area contributed by atoms with Crippen molar-refractivity contribution >= 4 is 28.6 Å². The fraction of sp³-hybridized carbons (Fsp3) is 0.263. The van der Waals surface area contributed by atoms with E-state index >= 15 is 0 Å². The van der Waals surface area contributed by atoms with E-state index in [2.05, 4.69) is 20.3 Å². The summed E-state index contributed by atoms with van der Waals surface area (Å²) in [6.07, 6.45) is 2.12. The molecule has 2 aromatic heterocycles. The molecule has 9 heteroatoms. The molecule has 1 aromatic carbocycles. The van der Waals surface area contributed by atoms with Crippen molar-refractivity contribution < 1.29 is 19.4 Å². The van der Waals surface area contributed by atoms with Gasteiger partial charge in [0.25, 0.3) is 5.91 Å². The molecule has 1 aliphatic rings. The molecule has 0 bridgehead atoms. The summed E-state index contributed by atoms with van der Waals surface area (Å²) in [7, 11) is 0. The molecule has 1 amide bonds. The fourth-order valence-corrected chi connectivity index (χ4v) is 3.24. The van der Waals surface area contributed by atoms with E-state index in [4.69, 9.17) is 15.6 Å². The highest BCUT2D eigenvalue weighted by atomic mass is 16.5. The number of aryl methyl sites for hydroxylation is 2. The van der Waals surface area contributed by atoms with E-state index in [0.29, 0.717) is 25.4 Å². The lowest BCUT2D eigenvalue weighted by Gasteiger charge is -2.09. The van der Waals surface area contributed by atoms with E-state index in [1.165, 1.54) is 0 Å². The minimum absolute atomic E-state index is 0.120. The first kappa shape index (κ1) is 17.8. The van der Waals surface area contributed by atoms with E-state index < -0.39 is 5.97 Å². The molecule has 3 heterocycles. The number of anilines is 1. The number of nitrogens with one attached hydrogen (secondary N) is 2. The number of carbonyl (C=O) groups is 2. The zero-order valence-corrected chi connectivity index (χ0v) is 15.0. The van der Waals surface area contributed by atoms with Crippen LogP contribution in [-0.2, 0) is 12.8 Å². The molecule has 0 radical (unpaired) electrons. The predicted octanol–water partition coefficient (Wildman–Crippen LogP) is 1.54. The van der Waals surface area contributed by atoms with Crippen molar-refractivity contribution in [2.75, 3.05) is 18.9 Å². The number of nitrogen functional groups attached to an aromatic ring is 1.